The molecule has 1 saturated heterocycles. The molecule has 0 aliphatic carbocycles. The summed E-state index contributed by atoms with van der Waals surface area (Å²) in [6.07, 6.45) is 0. The normalized spacial score (nSPS) is 19.2. The van der Waals surface area contributed by atoms with Crippen LogP contribution in [-0.4, -0.2) is 52.6 Å². The Morgan fingerprint density at radius 3 is 2.71 bits per heavy atom. The standard InChI is InChI=1S/C9H19N7O/c1-7(6-15-2-4-17-5-3-15)8-13-14-9(12-10)16(8)11/h7H,2-6,10-11H2,1H3,(H,12,14). The van der Waals surface area contributed by atoms with Gasteiger partial charge in [0, 0.05) is 25.6 Å². The van der Waals surface area contributed by atoms with Crippen molar-refractivity contribution in [1.82, 2.24) is 19.8 Å². The highest BCUT2D eigenvalue weighted by molar-refractivity contribution is 5.24. The van der Waals surface area contributed by atoms with Gasteiger partial charge in [-0.1, -0.05) is 6.92 Å². The predicted molar refractivity (Wildman–Crippen MR) is 63.7 cm³/mol. The van der Waals surface area contributed by atoms with Crippen molar-refractivity contribution in [2.24, 2.45) is 5.84 Å². The van der Waals surface area contributed by atoms with Crippen LogP contribution < -0.4 is 17.1 Å². The van der Waals surface area contributed by atoms with Gasteiger partial charge in [0.25, 0.3) is 5.95 Å². The largest absolute Gasteiger partial charge is 0.379 e. The van der Waals surface area contributed by atoms with Gasteiger partial charge < -0.3 is 10.6 Å². The van der Waals surface area contributed by atoms with Gasteiger partial charge in [-0.25, -0.2) is 10.5 Å². The molecule has 0 radical (unpaired) electrons. The summed E-state index contributed by atoms with van der Waals surface area (Å²) in [4.78, 5) is 2.33. The van der Waals surface area contributed by atoms with Crippen molar-refractivity contribution in [2.75, 3.05) is 44.1 Å². The zero-order chi connectivity index (χ0) is 12.3. The molecule has 1 atom stereocenters. The Kier molecular flexibility index (Phi) is 3.77. The summed E-state index contributed by atoms with van der Waals surface area (Å²) >= 11 is 0. The summed E-state index contributed by atoms with van der Waals surface area (Å²) in [5, 5.41) is 7.90. The molecule has 0 spiro atoms. The van der Waals surface area contributed by atoms with E-state index in [0.29, 0.717) is 5.95 Å². The van der Waals surface area contributed by atoms with E-state index in [2.05, 4.69) is 27.4 Å². The molecule has 1 aliphatic rings. The van der Waals surface area contributed by atoms with E-state index in [-0.39, 0.29) is 5.92 Å². The topological polar surface area (TPSA) is 107 Å². The minimum absolute atomic E-state index is 0.202. The first-order chi connectivity index (χ1) is 8.22. The van der Waals surface area contributed by atoms with Crippen LogP contribution >= 0.6 is 0 Å². The maximum absolute atomic E-state index is 5.83. The molecular weight excluding hydrogens is 222 g/mol. The predicted octanol–water partition coefficient (Wildman–Crippen LogP) is -1.29. The lowest BCUT2D eigenvalue weighted by Gasteiger charge is -2.28. The van der Waals surface area contributed by atoms with Crippen LogP contribution in [0.2, 0.25) is 0 Å². The summed E-state index contributed by atoms with van der Waals surface area (Å²) in [6.45, 7) is 6.44. The zero-order valence-corrected chi connectivity index (χ0v) is 9.96. The molecule has 1 fully saturated rings. The summed E-state index contributed by atoms with van der Waals surface area (Å²) in [5.74, 6) is 12.4. The van der Waals surface area contributed by atoms with E-state index in [1.54, 1.807) is 0 Å². The van der Waals surface area contributed by atoms with Crippen LogP contribution in [0.5, 0.6) is 0 Å². The fourth-order valence-corrected chi connectivity index (χ4v) is 1.99. The third-order valence-corrected chi connectivity index (χ3v) is 2.93. The molecule has 8 heteroatoms. The van der Waals surface area contributed by atoms with Crippen LogP contribution in [0.4, 0.5) is 5.95 Å². The molecule has 5 N–H and O–H groups in total. The Bertz CT molecular complexity index is 360. The monoisotopic (exact) mass is 241 g/mol. The SMILES string of the molecule is CC(CN1CCOCC1)c1nnc(NN)n1N. The third kappa shape index (κ3) is 2.65. The maximum Gasteiger partial charge on any atom is 0.257 e. The summed E-state index contributed by atoms with van der Waals surface area (Å²) in [6, 6.07) is 0. The number of hydrogen-bond donors (Lipinski definition) is 3. The Balaban J connectivity index is 1.98. The van der Waals surface area contributed by atoms with E-state index >= 15 is 0 Å². The molecule has 2 heterocycles. The number of nitrogens with zero attached hydrogens (tertiary/aromatic N) is 4. The van der Waals surface area contributed by atoms with E-state index in [9.17, 15) is 0 Å². The maximum atomic E-state index is 5.83. The lowest BCUT2D eigenvalue weighted by atomic mass is 10.1. The van der Waals surface area contributed by atoms with Gasteiger partial charge in [-0.2, -0.15) is 0 Å². The van der Waals surface area contributed by atoms with Gasteiger partial charge in [0.2, 0.25) is 0 Å². The van der Waals surface area contributed by atoms with Crippen molar-refractivity contribution in [3.05, 3.63) is 5.82 Å². The first-order valence-electron chi connectivity index (χ1n) is 5.69. The number of nitrogens with two attached hydrogens (primary N) is 2. The number of aromatic nitrogens is 3. The number of hydrogen-bond acceptors (Lipinski definition) is 7. The molecule has 1 aliphatic heterocycles. The number of ether oxygens (including phenoxy) is 1. The fraction of sp³-hybridized carbons (Fsp3) is 0.778. The molecule has 0 amide bonds. The fourth-order valence-electron chi connectivity index (χ4n) is 1.99. The Hall–Kier alpha value is -1.38. The first-order valence-corrected chi connectivity index (χ1v) is 5.69. The molecular formula is C9H19N7O. The molecule has 17 heavy (non-hydrogen) atoms. The van der Waals surface area contributed by atoms with Crippen LogP contribution in [0.25, 0.3) is 0 Å². The summed E-state index contributed by atoms with van der Waals surface area (Å²) in [5.41, 5.74) is 2.40. The van der Waals surface area contributed by atoms with Gasteiger partial charge in [0.05, 0.1) is 13.2 Å². The van der Waals surface area contributed by atoms with Crippen molar-refractivity contribution >= 4 is 5.95 Å². The molecule has 2 rings (SSSR count). The highest BCUT2D eigenvalue weighted by Gasteiger charge is 2.20. The van der Waals surface area contributed by atoms with E-state index in [1.807, 2.05) is 0 Å². The van der Waals surface area contributed by atoms with Crippen LogP contribution in [0.1, 0.15) is 18.7 Å². The van der Waals surface area contributed by atoms with Crippen molar-refractivity contribution in [1.29, 1.82) is 0 Å². The Morgan fingerprint density at radius 2 is 2.12 bits per heavy atom. The van der Waals surface area contributed by atoms with E-state index < -0.39 is 0 Å². The van der Waals surface area contributed by atoms with Crippen LogP contribution in [0.15, 0.2) is 0 Å². The van der Waals surface area contributed by atoms with Gasteiger partial charge in [0.1, 0.15) is 0 Å². The highest BCUT2D eigenvalue weighted by atomic mass is 16.5. The second-order valence-corrected chi connectivity index (χ2v) is 4.21. The Labute approximate surface area is 99.9 Å². The number of anilines is 1. The number of hydrazine groups is 1. The molecule has 1 unspecified atom stereocenters. The number of rotatable bonds is 4. The lowest BCUT2D eigenvalue weighted by molar-refractivity contribution is 0.0353. The average Bonchev–Trinajstić information content (AvgIpc) is 2.71. The summed E-state index contributed by atoms with van der Waals surface area (Å²) in [7, 11) is 0. The highest BCUT2D eigenvalue weighted by Crippen LogP contribution is 2.15. The summed E-state index contributed by atoms with van der Waals surface area (Å²) < 4.78 is 6.70. The smallest absolute Gasteiger partial charge is 0.257 e. The van der Waals surface area contributed by atoms with Crippen molar-refractivity contribution in [3.8, 4) is 0 Å². The molecule has 8 nitrogen and oxygen atoms in total. The second kappa shape index (κ2) is 5.30. The van der Waals surface area contributed by atoms with E-state index in [0.717, 1.165) is 38.7 Å². The number of nitrogens with one attached hydrogen (secondary N) is 1. The molecule has 1 aromatic heterocycles. The lowest BCUT2D eigenvalue weighted by Crippen LogP contribution is -2.39. The van der Waals surface area contributed by atoms with Crippen LogP contribution in [0.3, 0.4) is 0 Å². The Morgan fingerprint density at radius 1 is 1.41 bits per heavy atom. The minimum atomic E-state index is 0.202. The minimum Gasteiger partial charge on any atom is -0.379 e. The number of morpholine rings is 1. The molecule has 0 bridgehead atoms. The van der Waals surface area contributed by atoms with E-state index in [4.69, 9.17) is 16.4 Å². The number of nitrogen functional groups attached to an aromatic ring is 2. The van der Waals surface area contributed by atoms with Crippen molar-refractivity contribution in [3.63, 3.8) is 0 Å². The second-order valence-electron chi connectivity index (χ2n) is 4.21. The first kappa shape index (κ1) is 12.1. The zero-order valence-electron chi connectivity index (χ0n) is 9.96. The van der Waals surface area contributed by atoms with Gasteiger partial charge in [-0.05, 0) is 0 Å². The van der Waals surface area contributed by atoms with Crippen LogP contribution in [0, 0.1) is 0 Å². The van der Waals surface area contributed by atoms with Crippen molar-refractivity contribution < 1.29 is 4.74 Å². The molecule has 0 saturated carbocycles. The average molecular weight is 241 g/mol. The molecule has 0 aromatic carbocycles. The van der Waals surface area contributed by atoms with Gasteiger partial charge in [-0.3, -0.25) is 10.3 Å². The van der Waals surface area contributed by atoms with Gasteiger partial charge in [-0.15, -0.1) is 10.2 Å². The van der Waals surface area contributed by atoms with Crippen LogP contribution in [-0.2, 0) is 4.74 Å². The molecule has 1 aromatic rings. The molecule has 96 valence electrons. The third-order valence-electron chi connectivity index (χ3n) is 2.93. The van der Waals surface area contributed by atoms with Gasteiger partial charge in [0.15, 0.2) is 5.82 Å². The van der Waals surface area contributed by atoms with Crippen molar-refractivity contribution in [2.45, 2.75) is 12.8 Å². The van der Waals surface area contributed by atoms with Gasteiger partial charge >= 0.3 is 0 Å². The van der Waals surface area contributed by atoms with E-state index in [1.165, 1.54) is 4.68 Å². The quantitative estimate of drug-likeness (QED) is 0.445.